The first-order valence-corrected chi connectivity index (χ1v) is 11.4. The summed E-state index contributed by atoms with van der Waals surface area (Å²) in [5, 5.41) is 20.5. The minimum atomic E-state index is -0.866. The van der Waals surface area contributed by atoms with Gasteiger partial charge in [-0.15, -0.1) is 0 Å². The molecule has 0 bridgehead atoms. The van der Waals surface area contributed by atoms with Gasteiger partial charge in [0.15, 0.2) is 5.88 Å². The van der Waals surface area contributed by atoms with Crippen molar-refractivity contribution >= 4 is 28.3 Å². The molecule has 0 fully saturated rings. The van der Waals surface area contributed by atoms with E-state index in [4.69, 9.17) is 10.1 Å². The standard InChI is InChI=1S/C28H28FN3O3.HI/c1-32(2,3)17-19-7-11-22(12-8-19)30-27(20-6-4-5-18(15-20)9-14-25(33)34)26-23-13-10-21(29)16-24(23)31-28(26)35;/h4-8,10-13,15-16H,9,14,17H2,1-3H3,(H2-,30,31,33,34,35);1H. The van der Waals surface area contributed by atoms with Crippen molar-refractivity contribution in [3.63, 3.8) is 0 Å². The lowest BCUT2D eigenvalue weighted by atomic mass is 9.97. The number of carboxylic acids is 1. The van der Waals surface area contributed by atoms with Crippen LogP contribution >= 0.6 is 0 Å². The number of aromatic hydroxyl groups is 1. The number of hydrogen-bond acceptors (Lipinski definition) is 3. The van der Waals surface area contributed by atoms with Crippen LogP contribution in [0, 0.1) is 5.82 Å². The Morgan fingerprint density at radius 2 is 1.72 bits per heavy atom. The summed E-state index contributed by atoms with van der Waals surface area (Å²) in [7, 11) is 6.39. The van der Waals surface area contributed by atoms with Crippen molar-refractivity contribution in [1.29, 1.82) is 0 Å². The SMILES string of the molecule is C[N+](C)(C)Cc1ccc(N=C(c2cccc(CCC(=O)O)c2)c2c(O)[nH]c3cc(F)ccc23)cc1.[I-]. The van der Waals surface area contributed by atoms with Gasteiger partial charge in [-0.1, -0.05) is 30.3 Å². The maximum atomic E-state index is 13.8. The number of nitrogens with one attached hydrogen (secondary N) is 1. The summed E-state index contributed by atoms with van der Waals surface area (Å²) >= 11 is 0. The lowest BCUT2D eigenvalue weighted by Crippen LogP contribution is -3.00. The van der Waals surface area contributed by atoms with Gasteiger partial charge < -0.3 is 43.7 Å². The first-order valence-electron chi connectivity index (χ1n) is 11.4. The number of fused-ring (bicyclic) bond motifs is 1. The first kappa shape index (κ1) is 27.3. The van der Waals surface area contributed by atoms with Crippen LogP contribution in [0.15, 0.2) is 71.7 Å². The molecule has 0 aliphatic rings. The van der Waals surface area contributed by atoms with Crippen LogP contribution < -0.4 is 24.0 Å². The van der Waals surface area contributed by atoms with Crippen molar-refractivity contribution < 1.29 is 47.9 Å². The summed E-state index contributed by atoms with van der Waals surface area (Å²) in [6, 6.07) is 19.7. The summed E-state index contributed by atoms with van der Waals surface area (Å²) in [6.45, 7) is 0.872. The fourth-order valence-corrected chi connectivity index (χ4v) is 4.14. The predicted octanol–water partition coefficient (Wildman–Crippen LogP) is 2.41. The number of aromatic amines is 1. The predicted molar refractivity (Wildman–Crippen MR) is 136 cm³/mol. The number of carbonyl (C=O) groups is 1. The first-order chi connectivity index (χ1) is 16.6. The van der Waals surface area contributed by atoms with Gasteiger partial charge in [0.25, 0.3) is 0 Å². The smallest absolute Gasteiger partial charge is 0.303 e. The van der Waals surface area contributed by atoms with E-state index in [1.807, 2.05) is 48.5 Å². The van der Waals surface area contributed by atoms with E-state index in [1.165, 1.54) is 17.7 Å². The topological polar surface area (TPSA) is 85.7 Å². The van der Waals surface area contributed by atoms with Gasteiger partial charge in [0.1, 0.15) is 12.4 Å². The molecular weight excluding hydrogens is 572 g/mol. The molecule has 0 radical (unpaired) electrons. The normalized spacial score (nSPS) is 11.9. The number of hydrogen-bond donors (Lipinski definition) is 3. The van der Waals surface area contributed by atoms with E-state index < -0.39 is 11.8 Å². The average Bonchev–Trinajstić information content (AvgIpc) is 3.11. The van der Waals surface area contributed by atoms with Gasteiger partial charge in [-0.25, -0.2) is 9.38 Å². The molecule has 4 aromatic rings. The molecule has 0 saturated carbocycles. The highest BCUT2D eigenvalue weighted by Gasteiger charge is 2.20. The number of halogens is 2. The summed E-state index contributed by atoms with van der Waals surface area (Å²) < 4.78 is 14.6. The molecule has 36 heavy (non-hydrogen) atoms. The molecule has 0 amide bonds. The molecule has 0 unspecified atom stereocenters. The Morgan fingerprint density at radius 3 is 2.39 bits per heavy atom. The number of aromatic nitrogens is 1. The quantitative estimate of drug-likeness (QED) is 0.165. The molecule has 1 aromatic heterocycles. The summed E-state index contributed by atoms with van der Waals surface area (Å²) in [4.78, 5) is 18.8. The van der Waals surface area contributed by atoms with Crippen molar-refractivity contribution in [2.45, 2.75) is 19.4 Å². The number of aliphatic carboxylic acids is 1. The lowest BCUT2D eigenvalue weighted by Gasteiger charge is -2.23. The van der Waals surface area contributed by atoms with Crippen LogP contribution in [0.25, 0.3) is 10.9 Å². The Kier molecular flexibility index (Phi) is 8.52. The van der Waals surface area contributed by atoms with Crippen molar-refractivity contribution in [2.75, 3.05) is 21.1 Å². The third-order valence-corrected chi connectivity index (χ3v) is 5.64. The maximum Gasteiger partial charge on any atom is 0.303 e. The highest BCUT2D eigenvalue weighted by Crippen LogP contribution is 2.32. The third-order valence-electron chi connectivity index (χ3n) is 5.64. The summed E-state index contributed by atoms with van der Waals surface area (Å²) in [6.07, 6.45) is 0.391. The second-order valence-electron chi connectivity index (χ2n) is 9.71. The van der Waals surface area contributed by atoms with E-state index in [0.29, 0.717) is 34.3 Å². The third kappa shape index (κ3) is 6.70. The van der Waals surface area contributed by atoms with E-state index in [-0.39, 0.29) is 36.3 Å². The fraction of sp³-hybridized carbons (Fsp3) is 0.214. The number of benzene rings is 3. The molecule has 6 nitrogen and oxygen atoms in total. The van der Waals surface area contributed by atoms with E-state index in [0.717, 1.165) is 22.2 Å². The number of aryl methyl sites for hydroxylation is 1. The van der Waals surface area contributed by atoms with E-state index >= 15 is 0 Å². The largest absolute Gasteiger partial charge is 1.00 e. The van der Waals surface area contributed by atoms with Gasteiger partial charge in [0.05, 0.1) is 43.6 Å². The number of nitrogens with zero attached hydrogens (tertiary/aromatic N) is 2. The molecule has 188 valence electrons. The van der Waals surface area contributed by atoms with Gasteiger partial charge >= 0.3 is 5.97 Å². The molecule has 8 heteroatoms. The van der Waals surface area contributed by atoms with Gasteiger partial charge in [-0.05, 0) is 48.4 Å². The van der Waals surface area contributed by atoms with Gasteiger partial charge in [-0.2, -0.15) is 0 Å². The van der Waals surface area contributed by atoms with Gasteiger partial charge in [0.2, 0.25) is 0 Å². The second kappa shape index (κ2) is 11.2. The molecule has 0 aliphatic heterocycles. The van der Waals surface area contributed by atoms with Crippen molar-refractivity contribution in [1.82, 2.24) is 4.98 Å². The molecule has 0 saturated heterocycles. The number of rotatable bonds is 8. The number of H-pyrrole nitrogens is 1. The zero-order valence-electron chi connectivity index (χ0n) is 20.4. The molecule has 0 atom stereocenters. The van der Waals surface area contributed by atoms with Gasteiger partial charge in [0, 0.05) is 22.9 Å². The molecule has 1 heterocycles. The number of quaternary nitrogens is 1. The average molecular weight is 601 g/mol. The van der Waals surface area contributed by atoms with Crippen LogP contribution in [0.1, 0.15) is 28.7 Å². The number of carboxylic acid groups (broad SMARTS) is 1. The fourth-order valence-electron chi connectivity index (χ4n) is 4.14. The highest BCUT2D eigenvalue weighted by molar-refractivity contribution is 6.21. The Labute approximate surface area is 226 Å². The van der Waals surface area contributed by atoms with Crippen molar-refractivity contribution in [2.24, 2.45) is 4.99 Å². The Balaban J connectivity index is 0.00000361. The van der Waals surface area contributed by atoms with Crippen LogP contribution in [0.5, 0.6) is 5.88 Å². The van der Waals surface area contributed by atoms with Crippen LogP contribution in [0.4, 0.5) is 10.1 Å². The van der Waals surface area contributed by atoms with Crippen LogP contribution in [0.2, 0.25) is 0 Å². The van der Waals surface area contributed by atoms with E-state index in [1.54, 1.807) is 6.07 Å². The molecule has 3 N–H and O–H groups in total. The minimum absolute atomic E-state index is 0. The highest BCUT2D eigenvalue weighted by atomic mass is 127. The number of aliphatic imine (C=N–C) groups is 1. The molecule has 3 aromatic carbocycles. The molecule has 0 aliphatic carbocycles. The van der Waals surface area contributed by atoms with E-state index in [9.17, 15) is 14.3 Å². The minimum Gasteiger partial charge on any atom is -1.00 e. The Hall–Kier alpha value is -3.24. The lowest BCUT2D eigenvalue weighted by molar-refractivity contribution is -0.884. The molecule has 0 spiro atoms. The van der Waals surface area contributed by atoms with Crippen molar-refractivity contribution in [3.05, 3.63) is 94.8 Å². The van der Waals surface area contributed by atoms with Gasteiger partial charge in [-0.3, -0.25) is 4.79 Å². The van der Waals surface area contributed by atoms with Crippen LogP contribution in [-0.4, -0.2) is 52.5 Å². The Morgan fingerprint density at radius 1 is 1.00 bits per heavy atom. The van der Waals surface area contributed by atoms with Crippen molar-refractivity contribution in [3.8, 4) is 5.88 Å². The molecule has 4 rings (SSSR count). The monoisotopic (exact) mass is 601 g/mol. The second-order valence-corrected chi connectivity index (χ2v) is 9.71. The van der Waals surface area contributed by atoms with E-state index in [2.05, 4.69) is 26.1 Å². The summed E-state index contributed by atoms with van der Waals surface area (Å²) in [5.41, 5.74) is 4.90. The molecular formula is C28H29FIN3O3. The van der Waals surface area contributed by atoms with Crippen LogP contribution in [0.3, 0.4) is 0 Å². The zero-order valence-corrected chi connectivity index (χ0v) is 22.6. The summed E-state index contributed by atoms with van der Waals surface area (Å²) in [5.74, 6) is -1.39. The van der Waals surface area contributed by atoms with Crippen LogP contribution in [-0.2, 0) is 17.8 Å². The maximum absolute atomic E-state index is 13.8. The zero-order chi connectivity index (χ0) is 25.2. The Bertz CT molecular complexity index is 1410.